The molecule has 0 saturated heterocycles. The van der Waals surface area contributed by atoms with E-state index >= 15 is 0 Å². The number of rotatable bonds is 5. The van der Waals surface area contributed by atoms with E-state index < -0.39 is 35.4 Å². The average Bonchev–Trinajstić information content (AvgIpc) is 3.50. The van der Waals surface area contributed by atoms with Gasteiger partial charge in [0.15, 0.2) is 0 Å². The van der Waals surface area contributed by atoms with Crippen LogP contribution in [0, 0.1) is 5.92 Å². The monoisotopic (exact) mass is 438 g/mol. The lowest BCUT2D eigenvalue weighted by Gasteiger charge is -2.28. The number of amides is 2. The minimum Gasteiger partial charge on any atom is -0.324 e. The van der Waals surface area contributed by atoms with Crippen LogP contribution in [-0.2, 0) is 22.3 Å². The molecule has 1 N–H and O–H groups in total. The highest BCUT2D eigenvalue weighted by Gasteiger charge is 2.35. The van der Waals surface area contributed by atoms with Gasteiger partial charge in [0.05, 0.1) is 28.1 Å². The van der Waals surface area contributed by atoms with Gasteiger partial charge in [0, 0.05) is 6.54 Å². The summed E-state index contributed by atoms with van der Waals surface area (Å²) < 4.78 is 40.2. The number of nitrogens with zero attached hydrogens (tertiary/aromatic N) is 3. The fourth-order valence-electron chi connectivity index (χ4n) is 3.19. The molecule has 2 amide bonds. The van der Waals surface area contributed by atoms with E-state index in [9.17, 15) is 27.6 Å². The summed E-state index contributed by atoms with van der Waals surface area (Å²) in [7, 11) is 0. The molecule has 0 unspecified atom stereocenters. The zero-order chi connectivity index (χ0) is 21.5. The topological polar surface area (TPSA) is 84.3 Å². The Labute approximate surface area is 173 Å². The van der Waals surface area contributed by atoms with Crippen LogP contribution in [-0.4, -0.2) is 33.9 Å². The third kappa shape index (κ3) is 4.20. The van der Waals surface area contributed by atoms with Gasteiger partial charge in [-0.15, -0.1) is 11.8 Å². The normalized spacial score (nSPS) is 16.4. The second-order valence-corrected chi connectivity index (χ2v) is 8.17. The Kier molecular flexibility index (Phi) is 5.31. The second kappa shape index (κ2) is 7.78. The van der Waals surface area contributed by atoms with Gasteiger partial charge in [-0.05, 0) is 30.9 Å². The summed E-state index contributed by atoms with van der Waals surface area (Å²) in [5.74, 6) is -0.449. The first-order valence-corrected chi connectivity index (χ1v) is 10.2. The van der Waals surface area contributed by atoms with Gasteiger partial charge in [-0.3, -0.25) is 14.4 Å². The van der Waals surface area contributed by atoms with Gasteiger partial charge in [-0.2, -0.15) is 18.3 Å². The quantitative estimate of drug-likeness (QED) is 0.776. The maximum atomic E-state index is 13.1. The van der Waals surface area contributed by atoms with E-state index in [1.807, 2.05) is 0 Å². The Balaban J connectivity index is 1.58. The zero-order valence-electron chi connectivity index (χ0n) is 15.6. The number of nitrogens with one attached hydrogen (secondary N) is 1. The molecule has 4 rings (SSSR count). The summed E-state index contributed by atoms with van der Waals surface area (Å²) in [6.45, 7) is -0.134. The number of hydrogen-bond acceptors (Lipinski definition) is 5. The number of carbonyl (C=O) groups excluding carboxylic acids is 2. The van der Waals surface area contributed by atoms with E-state index in [1.165, 1.54) is 35.0 Å². The van der Waals surface area contributed by atoms with Crippen LogP contribution < -0.4 is 15.8 Å². The standard InChI is InChI=1S/C19H17F3N4O3S/c20-19(21,22)12-3-1-2-4-13(12)24-15(27)9-26-18(29)17-14(7-23-26)30-10-16(28)25(17)8-11-5-6-11/h1-4,7,11H,5-6,8-10H2,(H,24,27). The number of thioether (sulfide) groups is 1. The highest BCUT2D eigenvalue weighted by molar-refractivity contribution is 8.00. The summed E-state index contributed by atoms with van der Waals surface area (Å²) >= 11 is 1.20. The average molecular weight is 438 g/mol. The van der Waals surface area contributed by atoms with E-state index in [0.29, 0.717) is 17.4 Å². The van der Waals surface area contributed by atoms with Crippen molar-refractivity contribution in [2.24, 2.45) is 5.92 Å². The highest BCUT2D eigenvalue weighted by Crippen LogP contribution is 2.37. The number of carbonyl (C=O) groups is 2. The Morgan fingerprint density at radius 2 is 1.97 bits per heavy atom. The molecule has 158 valence electrons. The van der Waals surface area contributed by atoms with Crippen molar-refractivity contribution in [3.8, 4) is 0 Å². The van der Waals surface area contributed by atoms with Crippen molar-refractivity contribution in [2.75, 3.05) is 22.5 Å². The van der Waals surface area contributed by atoms with Gasteiger partial charge in [0.25, 0.3) is 5.56 Å². The van der Waals surface area contributed by atoms with E-state index in [2.05, 4.69) is 10.4 Å². The number of hydrogen-bond donors (Lipinski definition) is 1. The van der Waals surface area contributed by atoms with Crippen LogP contribution in [0.15, 0.2) is 40.2 Å². The molecule has 1 aromatic heterocycles. The fourth-order valence-corrected chi connectivity index (χ4v) is 4.08. The smallest absolute Gasteiger partial charge is 0.324 e. The molecule has 2 heterocycles. The second-order valence-electron chi connectivity index (χ2n) is 7.15. The van der Waals surface area contributed by atoms with Crippen LogP contribution in [0.1, 0.15) is 18.4 Å². The Morgan fingerprint density at radius 3 is 2.67 bits per heavy atom. The summed E-state index contributed by atoms with van der Waals surface area (Å²) in [6.07, 6.45) is -1.24. The van der Waals surface area contributed by atoms with Crippen molar-refractivity contribution in [3.63, 3.8) is 0 Å². The maximum absolute atomic E-state index is 13.1. The third-order valence-corrected chi connectivity index (χ3v) is 5.85. The van der Waals surface area contributed by atoms with Crippen molar-refractivity contribution >= 4 is 35.0 Å². The summed E-state index contributed by atoms with van der Waals surface area (Å²) in [6, 6.07) is 4.58. The van der Waals surface area contributed by atoms with Gasteiger partial charge < -0.3 is 10.2 Å². The molecular weight excluding hydrogens is 421 g/mol. The molecule has 1 aliphatic carbocycles. The van der Waals surface area contributed by atoms with Crippen LogP contribution in [0.2, 0.25) is 0 Å². The molecule has 1 aliphatic heterocycles. The van der Waals surface area contributed by atoms with E-state index in [4.69, 9.17) is 0 Å². The van der Waals surface area contributed by atoms with Crippen molar-refractivity contribution in [3.05, 3.63) is 46.4 Å². The van der Waals surface area contributed by atoms with Crippen molar-refractivity contribution in [1.29, 1.82) is 0 Å². The Bertz CT molecular complexity index is 1070. The van der Waals surface area contributed by atoms with E-state index in [1.54, 1.807) is 0 Å². The fraction of sp³-hybridized carbons (Fsp3) is 0.368. The van der Waals surface area contributed by atoms with E-state index in [-0.39, 0.29) is 17.3 Å². The molecule has 30 heavy (non-hydrogen) atoms. The summed E-state index contributed by atoms with van der Waals surface area (Å²) in [5, 5.41) is 6.15. The Hall–Kier alpha value is -2.82. The minimum absolute atomic E-state index is 0.182. The SMILES string of the molecule is O=C(Cn1ncc2c(c1=O)N(CC1CC1)C(=O)CS2)Nc1ccccc1C(F)(F)F. The molecule has 2 aliphatic rings. The predicted octanol–water partition coefficient (Wildman–Crippen LogP) is 2.75. The van der Waals surface area contributed by atoms with Crippen molar-refractivity contribution in [1.82, 2.24) is 9.78 Å². The molecule has 2 aromatic rings. The number of anilines is 2. The first-order chi connectivity index (χ1) is 14.2. The Morgan fingerprint density at radius 1 is 1.23 bits per heavy atom. The molecule has 1 saturated carbocycles. The van der Waals surface area contributed by atoms with Crippen LogP contribution in [0.4, 0.5) is 24.5 Å². The number of para-hydroxylation sites is 1. The lowest BCUT2D eigenvalue weighted by Crippen LogP contribution is -2.43. The van der Waals surface area contributed by atoms with Gasteiger partial charge >= 0.3 is 6.18 Å². The molecular formula is C19H17F3N4O3S. The lowest BCUT2D eigenvalue weighted by molar-refractivity contribution is -0.137. The molecule has 0 atom stereocenters. The molecule has 1 fully saturated rings. The zero-order valence-corrected chi connectivity index (χ0v) is 16.4. The van der Waals surface area contributed by atoms with Gasteiger partial charge in [-0.25, -0.2) is 4.68 Å². The van der Waals surface area contributed by atoms with Crippen LogP contribution in [0.3, 0.4) is 0 Å². The highest BCUT2D eigenvalue weighted by atomic mass is 32.2. The van der Waals surface area contributed by atoms with Crippen LogP contribution in [0.25, 0.3) is 0 Å². The van der Waals surface area contributed by atoms with Gasteiger partial charge in [0.2, 0.25) is 11.8 Å². The minimum atomic E-state index is -4.63. The lowest BCUT2D eigenvalue weighted by atomic mass is 10.1. The van der Waals surface area contributed by atoms with Crippen molar-refractivity contribution in [2.45, 2.75) is 30.5 Å². The predicted molar refractivity (Wildman–Crippen MR) is 104 cm³/mol. The molecule has 11 heteroatoms. The molecule has 0 spiro atoms. The maximum Gasteiger partial charge on any atom is 0.418 e. The first kappa shape index (κ1) is 20.5. The van der Waals surface area contributed by atoms with E-state index in [0.717, 1.165) is 29.7 Å². The summed E-state index contributed by atoms with van der Waals surface area (Å²) in [4.78, 5) is 39.6. The number of benzene rings is 1. The number of halogens is 3. The van der Waals surface area contributed by atoms with Crippen molar-refractivity contribution < 1.29 is 22.8 Å². The number of fused-ring (bicyclic) bond motifs is 1. The molecule has 7 nitrogen and oxygen atoms in total. The molecule has 0 radical (unpaired) electrons. The largest absolute Gasteiger partial charge is 0.418 e. The van der Waals surface area contributed by atoms with Gasteiger partial charge in [0.1, 0.15) is 12.2 Å². The third-order valence-electron chi connectivity index (χ3n) is 4.84. The number of aromatic nitrogens is 2. The van der Waals surface area contributed by atoms with Gasteiger partial charge in [-0.1, -0.05) is 12.1 Å². The van der Waals surface area contributed by atoms with Crippen LogP contribution >= 0.6 is 11.8 Å². The van der Waals surface area contributed by atoms with Crippen LogP contribution in [0.5, 0.6) is 0 Å². The number of alkyl halides is 3. The molecule has 1 aromatic carbocycles. The first-order valence-electron chi connectivity index (χ1n) is 9.23. The summed E-state index contributed by atoms with van der Waals surface area (Å²) in [5.41, 5.74) is -1.82. The molecule has 0 bridgehead atoms.